The third-order valence-electron chi connectivity index (χ3n) is 2.32. The van der Waals surface area contributed by atoms with Crippen LogP contribution in [0.1, 0.15) is 16.8 Å². The van der Waals surface area contributed by atoms with Crippen LogP contribution in [0, 0.1) is 13.8 Å². The maximum Gasteiger partial charge on any atom is 0.187 e. The van der Waals surface area contributed by atoms with E-state index in [0.717, 1.165) is 16.5 Å². The summed E-state index contributed by atoms with van der Waals surface area (Å²) in [6, 6.07) is 6.33. The first-order valence-corrected chi connectivity index (χ1v) is 6.45. The molecule has 0 saturated heterocycles. The van der Waals surface area contributed by atoms with E-state index in [1.807, 2.05) is 5.38 Å². The average Bonchev–Trinajstić information content (AvgIpc) is 2.71. The second-order valence-corrected chi connectivity index (χ2v) is 4.85. The molecule has 0 spiro atoms. The summed E-state index contributed by atoms with van der Waals surface area (Å²) in [5, 5.41) is 6.18. The molecule has 0 amide bonds. The quantitative estimate of drug-likeness (QED) is 0.827. The SMILES string of the molecule is Cc1ccc(C)c(Nc2nc(CCl)cs2)c1. The first-order valence-electron chi connectivity index (χ1n) is 5.03. The smallest absolute Gasteiger partial charge is 0.187 e. The first-order chi connectivity index (χ1) is 7.69. The molecule has 0 atom stereocenters. The number of anilines is 2. The van der Waals surface area contributed by atoms with Crippen molar-refractivity contribution in [2.45, 2.75) is 19.7 Å². The van der Waals surface area contributed by atoms with Crippen molar-refractivity contribution in [2.75, 3.05) is 5.32 Å². The average molecular weight is 253 g/mol. The van der Waals surface area contributed by atoms with Gasteiger partial charge in [-0.05, 0) is 31.0 Å². The topological polar surface area (TPSA) is 24.9 Å². The van der Waals surface area contributed by atoms with E-state index in [4.69, 9.17) is 11.6 Å². The summed E-state index contributed by atoms with van der Waals surface area (Å²) < 4.78 is 0. The van der Waals surface area contributed by atoms with Gasteiger partial charge in [-0.15, -0.1) is 22.9 Å². The summed E-state index contributed by atoms with van der Waals surface area (Å²) in [4.78, 5) is 4.37. The lowest BCUT2D eigenvalue weighted by Crippen LogP contribution is -1.93. The van der Waals surface area contributed by atoms with Crippen molar-refractivity contribution in [3.05, 3.63) is 40.4 Å². The summed E-state index contributed by atoms with van der Waals surface area (Å²) >= 11 is 7.29. The zero-order chi connectivity index (χ0) is 11.5. The molecule has 0 aliphatic carbocycles. The minimum absolute atomic E-state index is 0.463. The number of aryl methyl sites for hydroxylation is 2. The fourth-order valence-corrected chi connectivity index (χ4v) is 2.36. The summed E-state index contributed by atoms with van der Waals surface area (Å²) in [5.41, 5.74) is 4.48. The fraction of sp³-hybridized carbons (Fsp3) is 0.250. The highest BCUT2D eigenvalue weighted by atomic mass is 35.5. The number of hydrogen-bond acceptors (Lipinski definition) is 3. The third-order valence-corrected chi connectivity index (χ3v) is 3.40. The normalized spacial score (nSPS) is 10.4. The van der Waals surface area contributed by atoms with Gasteiger partial charge in [-0.3, -0.25) is 0 Å². The monoisotopic (exact) mass is 252 g/mol. The second kappa shape index (κ2) is 4.85. The Labute approximate surface area is 104 Å². The Kier molecular flexibility index (Phi) is 3.46. The number of benzene rings is 1. The number of rotatable bonds is 3. The zero-order valence-electron chi connectivity index (χ0n) is 9.25. The van der Waals surface area contributed by atoms with Gasteiger partial charge in [0.25, 0.3) is 0 Å². The predicted octanol–water partition coefficient (Wildman–Crippen LogP) is 4.24. The Morgan fingerprint density at radius 1 is 1.38 bits per heavy atom. The van der Waals surface area contributed by atoms with Gasteiger partial charge in [0.2, 0.25) is 0 Å². The summed E-state index contributed by atoms with van der Waals surface area (Å²) in [6.07, 6.45) is 0. The van der Waals surface area contributed by atoms with E-state index in [1.165, 1.54) is 11.1 Å². The van der Waals surface area contributed by atoms with Crippen LogP contribution in [-0.2, 0) is 5.88 Å². The number of hydrogen-bond donors (Lipinski definition) is 1. The summed E-state index contributed by atoms with van der Waals surface area (Å²) in [6.45, 7) is 4.16. The number of alkyl halides is 1. The van der Waals surface area contributed by atoms with Crippen LogP contribution >= 0.6 is 22.9 Å². The zero-order valence-corrected chi connectivity index (χ0v) is 10.8. The number of nitrogens with zero attached hydrogens (tertiary/aromatic N) is 1. The Balaban J connectivity index is 2.22. The van der Waals surface area contributed by atoms with Crippen molar-refractivity contribution in [3.63, 3.8) is 0 Å². The van der Waals surface area contributed by atoms with Gasteiger partial charge in [-0.1, -0.05) is 12.1 Å². The third kappa shape index (κ3) is 2.54. The lowest BCUT2D eigenvalue weighted by atomic mass is 10.1. The summed E-state index contributed by atoms with van der Waals surface area (Å²) in [5.74, 6) is 0.463. The Bertz CT molecular complexity index is 494. The molecule has 1 N–H and O–H groups in total. The van der Waals surface area contributed by atoms with Crippen LogP contribution in [0.4, 0.5) is 10.8 Å². The van der Waals surface area contributed by atoms with E-state index in [1.54, 1.807) is 11.3 Å². The highest BCUT2D eigenvalue weighted by molar-refractivity contribution is 7.13. The molecule has 4 heteroatoms. The first kappa shape index (κ1) is 11.4. The molecular weight excluding hydrogens is 240 g/mol. The molecule has 84 valence electrons. The Morgan fingerprint density at radius 3 is 2.88 bits per heavy atom. The molecule has 16 heavy (non-hydrogen) atoms. The van der Waals surface area contributed by atoms with Gasteiger partial charge in [0.1, 0.15) is 0 Å². The highest BCUT2D eigenvalue weighted by Crippen LogP contribution is 2.24. The van der Waals surface area contributed by atoms with Gasteiger partial charge in [0.15, 0.2) is 5.13 Å². The number of aromatic nitrogens is 1. The predicted molar refractivity (Wildman–Crippen MR) is 70.9 cm³/mol. The molecule has 0 fully saturated rings. The molecule has 1 heterocycles. The molecule has 1 aromatic carbocycles. The van der Waals surface area contributed by atoms with Crippen LogP contribution in [-0.4, -0.2) is 4.98 Å². The van der Waals surface area contributed by atoms with Crippen LogP contribution in [0.25, 0.3) is 0 Å². The van der Waals surface area contributed by atoms with E-state index in [0.29, 0.717) is 5.88 Å². The molecule has 0 radical (unpaired) electrons. The summed E-state index contributed by atoms with van der Waals surface area (Å²) in [7, 11) is 0. The molecule has 0 aliphatic rings. The van der Waals surface area contributed by atoms with E-state index >= 15 is 0 Å². The van der Waals surface area contributed by atoms with Gasteiger partial charge in [-0.2, -0.15) is 0 Å². The van der Waals surface area contributed by atoms with E-state index in [9.17, 15) is 0 Å². The van der Waals surface area contributed by atoms with Gasteiger partial charge in [0.05, 0.1) is 11.6 Å². The van der Waals surface area contributed by atoms with Crippen molar-refractivity contribution < 1.29 is 0 Å². The van der Waals surface area contributed by atoms with Crippen LogP contribution in [0.3, 0.4) is 0 Å². The Hall–Kier alpha value is -1.06. The maximum atomic E-state index is 5.72. The van der Waals surface area contributed by atoms with Crippen molar-refractivity contribution in [1.82, 2.24) is 4.98 Å². The van der Waals surface area contributed by atoms with Crippen LogP contribution in [0.5, 0.6) is 0 Å². The van der Waals surface area contributed by atoms with Gasteiger partial charge < -0.3 is 5.32 Å². The minimum atomic E-state index is 0.463. The molecule has 2 aromatic rings. The Morgan fingerprint density at radius 2 is 2.19 bits per heavy atom. The largest absolute Gasteiger partial charge is 0.331 e. The molecule has 2 rings (SSSR count). The highest BCUT2D eigenvalue weighted by Gasteiger charge is 2.03. The molecule has 0 saturated carbocycles. The van der Waals surface area contributed by atoms with Crippen LogP contribution in [0.15, 0.2) is 23.6 Å². The van der Waals surface area contributed by atoms with E-state index in [-0.39, 0.29) is 0 Å². The minimum Gasteiger partial charge on any atom is -0.331 e. The standard InChI is InChI=1S/C12H13ClN2S/c1-8-3-4-9(2)11(5-8)15-12-14-10(6-13)7-16-12/h3-5,7H,6H2,1-2H3,(H,14,15). The van der Waals surface area contributed by atoms with Crippen molar-refractivity contribution in [3.8, 4) is 0 Å². The lowest BCUT2D eigenvalue weighted by molar-refractivity contribution is 1.22. The molecule has 0 bridgehead atoms. The number of thiazole rings is 1. The molecule has 2 nitrogen and oxygen atoms in total. The van der Waals surface area contributed by atoms with Crippen molar-refractivity contribution in [1.29, 1.82) is 0 Å². The van der Waals surface area contributed by atoms with Crippen molar-refractivity contribution >= 4 is 33.8 Å². The lowest BCUT2D eigenvalue weighted by Gasteiger charge is -2.07. The molecule has 0 unspecified atom stereocenters. The van der Waals surface area contributed by atoms with Crippen LogP contribution < -0.4 is 5.32 Å². The fourth-order valence-electron chi connectivity index (χ4n) is 1.41. The maximum absolute atomic E-state index is 5.72. The van der Waals surface area contributed by atoms with Gasteiger partial charge >= 0.3 is 0 Å². The number of nitrogens with one attached hydrogen (secondary N) is 1. The number of halogens is 1. The van der Waals surface area contributed by atoms with Gasteiger partial charge in [-0.25, -0.2) is 4.98 Å². The van der Waals surface area contributed by atoms with E-state index in [2.05, 4.69) is 42.3 Å². The van der Waals surface area contributed by atoms with Crippen LogP contribution in [0.2, 0.25) is 0 Å². The molecular formula is C12H13ClN2S. The molecule has 0 aliphatic heterocycles. The second-order valence-electron chi connectivity index (χ2n) is 3.72. The van der Waals surface area contributed by atoms with E-state index < -0.39 is 0 Å². The van der Waals surface area contributed by atoms with Crippen molar-refractivity contribution in [2.24, 2.45) is 0 Å². The molecule has 1 aromatic heterocycles. The van der Waals surface area contributed by atoms with Gasteiger partial charge in [0, 0.05) is 11.1 Å².